The lowest BCUT2D eigenvalue weighted by molar-refractivity contribution is 0.0950. The highest BCUT2D eigenvalue weighted by Crippen LogP contribution is 2.30. The highest BCUT2D eigenvalue weighted by atomic mass is 16.5. The Morgan fingerprint density at radius 3 is 2.66 bits per heavy atom. The molecule has 1 aliphatic carbocycles. The predicted octanol–water partition coefficient (Wildman–Crippen LogP) is 3.72. The second kappa shape index (κ2) is 11.0. The maximum atomic E-state index is 12.4. The zero-order chi connectivity index (χ0) is 26.5. The molecule has 5 rings (SSSR count). The first-order valence-corrected chi connectivity index (χ1v) is 12.1. The molecule has 192 valence electrons. The molecular weight excluding hydrogens is 484 g/mol. The van der Waals surface area contributed by atoms with E-state index in [1.54, 1.807) is 60.8 Å². The quantitative estimate of drug-likeness (QED) is 0.327. The Bertz CT molecular complexity index is 1460. The summed E-state index contributed by atoms with van der Waals surface area (Å²) in [6.07, 6.45) is 8.26. The molecule has 38 heavy (non-hydrogen) atoms. The molecule has 2 heterocycles. The molecule has 11 nitrogen and oxygen atoms in total. The SMILES string of the molecule is COc1cc(C(=O)NC2CC2)ccc1Nc1ncc(-c2ccc(C#N)c(OC(C)Cn3cncn3)c2)cn1. The van der Waals surface area contributed by atoms with Crippen LogP contribution >= 0.6 is 0 Å². The van der Waals surface area contributed by atoms with Gasteiger partial charge in [0.05, 0.1) is 24.9 Å². The number of amides is 1. The number of benzene rings is 2. The number of hydrogen-bond acceptors (Lipinski definition) is 9. The second-order valence-corrected chi connectivity index (χ2v) is 8.95. The van der Waals surface area contributed by atoms with Crippen LogP contribution in [0.25, 0.3) is 11.1 Å². The average molecular weight is 511 g/mol. The van der Waals surface area contributed by atoms with E-state index in [9.17, 15) is 10.1 Å². The van der Waals surface area contributed by atoms with Gasteiger partial charge >= 0.3 is 0 Å². The van der Waals surface area contributed by atoms with Crippen molar-refractivity contribution >= 4 is 17.5 Å². The third kappa shape index (κ3) is 5.87. The molecule has 1 aliphatic rings. The minimum atomic E-state index is -0.233. The van der Waals surface area contributed by atoms with Crippen LogP contribution in [0.3, 0.4) is 0 Å². The molecule has 0 spiro atoms. The summed E-state index contributed by atoms with van der Waals surface area (Å²) in [6.45, 7) is 2.40. The Morgan fingerprint density at radius 1 is 1.16 bits per heavy atom. The number of ether oxygens (including phenoxy) is 2. The van der Waals surface area contributed by atoms with Gasteiger partial charge in [0.1, 0.15) is 36.3 Å². The Balaban J connectivity index is 1.29. The summed E-state index contributed by atoms with van der Waals surface area (Å²) in [5.74, 6) is 1.23. The van der Waals surface area contributed by atoms with Crippen molar-refractivity contribution in [3.63, 3.8) is 0 Å². The number of nitriles is 1. The third-order valence-electron chi connectivity index (χ3n) is 5.95. The third-order valence-corrected chi connectivity index (χ3v) is 5.95. The van der Waals surface area contributed by atoms with Crippen LogP contribution in [0.1, 0.15) is 35.7 Å². The van der Waals surface area contributed by atoms with E-state index in [0.29, 0.717) is 40.8 Å². The smallest absolute Gasteiger partial charge is 0.251 e. The summed E-state index contributed by atoms with van der Waals surface area (Å²) < 4.78 is 13.2. The van der Waals surface area contributed by atoms with Crippen molar-refractivity contribution in [3.8, 4) is 28.7 Å². The van der Waals surface area contributed by atoms with Crippen molar-refractivity contribution in [2.75, 3.05) is 12.4 Å². The molecule has 1 saturated carbocycles. The van der Waals surface area contributed by atoms with Gasteiger partial charge < -0.3 is 20.1 Å². The number of methoxy groups -OCH3 is 1. The minimum Gasteiger partial charge on any atom is -0.495 e. The van der Waals surface area contributed by atoms with Gasteiger partial charge in [0.25, 0.3) is 5.91 Å². The minimum absolute atomic E-state index is 0.114. The van der Waals surface area contributed by atoms with Gasteiger partial charge in [-0.1, -0.05) is 6.07 Å². The van der Waals surface area contributed by atoms with Crippen molar-refractivity contribution in [3.05, 3.63) is 72.6 Å². The summed E-state index contributed by atoms with van der Waals surface area (Å²) in [6, 6.07) is 13.0. The lowest BCUT2D eigenvalue weighted by Gasteiger charge is -2.16. The summed E-state index contributed by atoms with van der Waals surface area (Å²) in [4.78, 5) is 25.2. The monoisotopic (exact) mass is 510 g/mol. The number of nitrogens with zero attached hydrogens (tertiary/aromatic N) is 6. The normalized spacial score (nSPS) is 13.3. The lowest BCUT2D eigenvalue weighted by atomic mass is 10.1. The number of anilines is 2. The molecule has 2 aromatic heterocycles. The molecule has 1 fully saturated rings. The Labute approximate surface area is 219 Å². The Kier molecular flexibility index (Phi) is 7.13. The highest BCUT2D eigenvalue weighted by Gasteiger charge is 2.24. The maximum Gasteiger partial charge on any atom is 0.251 e. The van der Waals surface area contributed by atoms with Gasteiger partial charge in [-0.3, -0.25) is 4.79 Å². The fraction of sp³-hybridized carbons (Fsp3) is 0.259. The molecule has 0 radical (unpaired) electrons. The first-order valence-electron chi connectivity index (χ1n) is 12.1. The molecule has 1 amide bonds. The molecule has 0 aliphatic heterocycles. The molecule has 2 aromatic carbocycles. The van der Waals surface area contributed by atoms with Crippen LogP contribution in [0, 0.1) is 11.3 Å². The summed E-state index contributed by atoms with van der Waals surface area (Å²) in [7, 11) is 1.55. The number of hydrogen-bond donors (Lipinski definition) is 2. The molecule has 1 atom stereocenters. The molecule has 2 N–H and O–H groups in total. The molecule has 1 unspecified atom stereocenters. The number of aromatic nitrogens is 5. The first-order chi connectivity index (χ1) is 18.5. The van der Waals surface area contributed by atoms with E-state index in [1.807, 2.05) is 13.0 Å². The zero-order valence-electron chi connectivity index (χ0n) is 21.0. The van der Waals surface area contributed by atoms with Gasteiger partial charge in [-0.2, -0.15) is 10.4 Å². The molecular formula is C27H26N8O3. The van der Waals surface area contributed by atoms with Crippen LogP contribution in [0.5, 0.6) is 11.5 Å². The van der Waals surface area contributed by atoms with Gasteiger partial charge in [-0.25, -0.2) is 19.6 Å². The van der Waals surface area contributed by atoms with E-state index in [0.717, 1.165) is 24.0 Å². The lowest BCUT2D eigenvalue weighted by Crippen LogP contribution is -2.25. The Hall–Kier alpha value is -4.98. The maximum absolute atomic E-state index is 12.4. The van der Waals surface area contributed by atoms with Crippen molar-refractivity contribution < 1.29 is 14.3 Å². The number of rotatable bonds is 10. The van der Waals surface area contributed by atoms with Crippen LogP contribution in [-0.2, 0) is 6.54 Å². The standard InChI is InChI=1S/C27H26N8O3/c1-17(14-35-16-29-15-32-35)38-24-9-18(3-4-20(24)11-28)21-12-30-27(31-13-21)34-23-8-5-19(10-25(23)37-2)26(36)33-22-6-7-22/h3-5,8-10,12-13,15-17,22H,6-7,14H2,1-2H3,(H,33,36)(H,30,31,34). The van der Waals surface area contributed by atoms with Crippen molar-refractivity contribution in [1.29, 1.82) is 5.26 Å². The van der Waals surface area contributed by atoms with Crippen molar-refractivity contribution in [1.82, 2.24) is 30.0 Å². The second-order valence-electron chi connectivity index (χ2n) is 8.95. The average Bonchev–Trinajstić information content (AvgIpc) is 3.60. The van der Waals surface area contributed by atoms with Crippen LogP contribution in [0.2, 0.25) is 0 Å². The van der Waals surface area contributed by atoms with E-state index < -0.39 is 0 Å². The largest absolute Gasteiger partial charge is 0.495 e. The van der Waals surface area contributed by atoms with Gasteiger partial charge in [0.2, 0.25) is 5.95 Å². The summed E-state index contributed by atoms with van der Waals surface area (Å²) in [5, 5.41) is 19.7. The fourth-order valence-corrected chi connectivity index (χ4v) is 3.83. The van der Waals surface area contributed by atoms with Crippen LogP contribution in [0.4, 0.5) is 11.6 Å². The van der Waals surface area contributed by atoms with Crippen LogP contribution < -0.4 is 20.1 Å². The van der Waals surface area contributed by atoms with E-state index in [4.69, 9.17) is 9.47 Å². The zero-order valence-corrected chi connectivity index (χ0v) is 21.0. The molecule has 0 bridgehead atoms. The predicted molar refractivity (Wildman–Crippen MR) is 139 cm³/mol. The number of carbonyl (C=O) groups excluding carboxylic acids is 1. The van der Waals surface area contributed by atoms with E-state index in [-0.39, 0.29) is 18.1 Å². The summed E-state index contributed by atoms with van der Waals surface area (Å²) >= 11 is 0. The van der Waals surface area contributed by atoms with Gasteiger partial charge in [-0.05, 0) is 55.7 Å². The Morgan fingerprint density at radius 2 is 1.97 bits per heavy atom. The first kappa shape index (κ1) is 24.7. The van der Waals surface area contributed by atoms with Crippen molar-refractivity contribution in [2.45, 2.75) is 38.5 Å². The van der Waals surface area contributed by atoms with Gasteiger partial charge in [-0.15, -0.1) is 0 Å². The topological polar surface area (TPSA) is 140 Å². The van der Waals surface area contributed by atoms with Crippen molar-refractivity contribution in [2.24, 2.45) is 0 Å². The number of carbonyl (C=O) groups is 1. The van der Waals surface area contributed by atoms with E-state index in [1.165, 1.54) is 6.33 Å². The van der Waals surface area contributed by atoms with Gasteiger partial charge in [0.15, 0.2) is 0 Å². The molecule has 4 aromatic rings. The van der Waals surface area contributed by atoms with Gasteiger partial charge in [0, 0.05) is 29.6 Å². The van der Waals surface area contributed by atoms with E-state index in [2.05, 4.69) is 36.8 Å². The van der Waals surface area contributed by atoms with Crippen LogP contribution in [0.15, 0.2) is 61.4 Å². The fourth-order valence-electron chi connectivity index (χ4n) is 3.83. The molecule has 0 saturated heterocycles. The number of nitrogens with one attached hydrogen (secondary N) is 2. The summed E-state index contributed by atoms with van der Waals surface area (Å²) in [5.41, 5.74) is 3.17. The van der Waals surface area contributed by atoms with E-state index >= 15 is 0 Å². The van der Waals surface area contributed by atoms with Crippen LogP contribution in [-0.4, -0.2) is 49.9 Å². The molecule has 11 heteroatoms. The highest BCUT2D eigenvalue weighted by molar-refractivity contribution is 5.95.